The van der Waals surface area contributed by atoms with Gasteiger partial charge < -0.3 is 10.1 Å². The first kappa shape index (κ1) is 16.0. The maximum absolute atomic E-state index is 11.5. The number of ether oxygens (including phenoxy) is 1. The van der Waals surface area contributed by atoms with Crippen molar-refractivity contribution in [3.63, 3.8) is 0 Å². The van der Waals surface area contributed by atoms with Gasteiger partial charge >= 0.3 is 0 Å². The molecule has 108 valence electrons. The van der Waals surface area contributed by atoms with E-state index in [1.807, 2.05) is 38.2 Å². The molecule has 1 unspecified atom stereocenters. The average molecular weight is 285 g/mol. The Morgan fingerprint density at radius 3 is 2.37 bits per heavy atom. The number of hydrogen-bond acceptors (Lipinski definition) is 4. The first-order valence-corrected chi connectivity index (χ1v) is 8.41. The fourth-order valence-corrected chi connectivity index (χ4v) is 2.88. The predicted molar refractivity (Wildman–Crippen MR) is 78.4 cm³/mol. The molecule has 5 heteroatoms. The van der Waals surface area contributed by atoms with Crippen LogP contribution in [0.2, 0.25) is 0 Å². The fourth-order valence-electron chi connectivity index (χ4n) is 1.72. The van der Waals surface area contributed by atoms with Crippen LogP contribution >= 0.6 is 0 Å². The Bertz CT molecular complexity index is 468. The van der Waals surface area contributed by atoms with Crippen LogP contribution in [0.5, 0.6) is 5.75 Å². The lowest BCUT2D eigenvalue weighted by atomic mass is 10.1. The van der Waals surface area contributed by atoms with Crippen LogP contribution in [0.3, 0.4) is 0 Å². The number of hydrogen-bond donors (Lipinski definition) is 1. The van der Waals surface area contributed by atoms with E-state index in [1.54, 1.807) is 0 Å². The Hall–Kier alpha value is -1.07. The first-order chi connectivity index (χ1) is 8.98. The molecule has 4 nitrogen and oxygen atoms in total. The minimum Gasteiger partial charge on any atom is -0.493 e. The summed E-state index contributed by atoms with van der Waals surface area (Å²) in [6, 6.07) is 8.00. The molecule has 0 amide bonds. The summed E-state index contributed by atoms with van der Waals surface area (Å²) >= 11 is 0. The Morgan fingerprint density at radius 1 is 1.21 bits per heavy atom. The zero-order chi connectivity index (χ0) is 14.3. The lowest BCUT2D eigenvalue weighted by Gasteiger charge is -2.11. The van der Waals surface area contributed by atoms with Crippen molar-refractivity contribution in [1.29, 1.82) is 0 Å². The molecule has 0 aliphatic rings. The van der Waals surface area contributed by atoms with Gasteiger partial charge in [0.1, 0.15) is 12.4 Å². The number of sulfone groups is 1. The molecule has 0 aliphatic heterocycles. The van der Waals surface area contributed by atoms with Crippen molar-refractivity contribution >= 4 is 9.84 Å². The van der Waals surface area contributed by atoms with Gasteiger partial charge in [-0.3, -0.25) is 0 Å². The highest BCUT2D eigenvalue weighted by Gasteiger charge is 2.09. The molecule has 0 aliphatic carbocycles. The Morgan fingerprint density at radius 2 is 1.84 bits per heavy atom. The van der Waals surface area contributed by atoms with E-state index in [4.69, 9.17) is 4.74 Å². The normalized spacial score (nSPS) is 13.2. The molecule has 1 atom stereocenters. The minimum atomic E-state index is -2.96. The van der Waals surface area contributed by atoms with Gasteiger partial charge in [-0.05, 0) is 38.1 Å². The van der Waals surface area contributed by atoms with E-state index in [-0.39, 0.29) is 18.1 Å². The Kier molecular flexibility index (Phi) is 6.31. The molecule has 1 N–H and O–H groups in total. The highest BCUT2D eigenvalue weighted by molar-refractivity contribution is 7.91. The molecule has 1 aromatic carbocycles. The van der Waals surface area contributed by atoms with Crippen molar-refractivity contribution in [3.05, 3.63) is 29.8 Å². The van der Waals surface area contributed by atoms with Crippen molar-refractivity contribution < 1.29 is 13.2 Å². The van der Waals surface area contributed by atoms with Gasteiger partial charge in [-0.2, -0.15) is 0 Å². The summed E-state index contributed by atoms with van der Waals surface area (Å²) in [4.78, 5) is 0. The maximum Gasteiger partial charge on any atom is 0.153 e. The highest BCUT2D eigenvalue weighted by Crippen LogP contribution is 2.17. The SMILES string of the molecule is CCCS(=O)(=O)CCOc1ccc(C(C)NC)cc1. The van der Waals surface area contributed by atoms with Gasteiger partial charge in [0.2, 0.25) is 0 Å². The van der Waals surface area contributed by atoms with Crippen LogP contribution in [0, 0.1) is 0 Å². The monoisotopic (exact) mass is 285 g/mol. The van der Waals surface area contributed by atoms with Crippen LogP contribution in [-0.4, -0.2) is 33.6 Å². The van der Waals surface area contributed by atoms with Gasteiger partial charge in [-0.1, -0.05) is 19.1 Å². The second kappa shape index (κ2) is 7.50. The van der Waals surface area contributed by atoms with Crippen LogP contribution < -0.4 is 10.1 Å². The first-order valence-electron chi connectivity index (χ1n) is 6.59. The predicted octanol–water partition coefficient (Wildman–Crippen LogP) is 2.17. The Labute approximate surface area is 116 Å². The van der Waals surface area contributed by atoms with Crippen molar-refractivity contribution in [1.82, 2.24) is 5.32 Å². The molecule has 0 bridgehead atoms. The molecule has 0 spiro atoms. The van der Waals surface area contributed by atoms with Crippen LogP contribution in [0.15, 0.2) is 24.3 Å². The van der Waals surface area contributed by atoms with E-state index in [2.05, 4.69) is 12.2 Å². The fraction of sp³-hybridized carbons (Fsp3) is 0.571. The third-order valence-corrected chi connectivity index (χ3v) is 4.81. The topological polar surface area (TPSA) is 55.4 Å². The third kappa shape index (κ3) is 5.61. The molecule has 0 saturated heterocycles. The summed E-state index contributed by atoms with van der Waals surface area (Å²) in [5.41, 5.74) is 1.17. The van der Waals surface area contributed by atoms with E-state index in [0.717, 1.165) is 0 Å². The second-order valence-corrected chi connectivity index (χ2v) is 6.88. The van der Waals surface area contributed by atoms with Gasteiger partial charge in [-0.25, -0.2) is 8.42 Å². The molecule has 0 radical (unpaired) electrons. The van der Waals surface area contributed by atoms with Crippen molar-refractivity contribution in [2.24, 2.45) is 0 Å². The van der Waals surface area contributed by atoms with Crippen molar-refractivity contribution in [2.45, 2.75) is 26.3 Å². The smallest absolute Gasteiger partial charge is 0.153 e. The van der Waals surface area contributed by atoms with Gasteiger partial charge in [0.05, 0.1) is 11.5 Å². The molecule has 0 saturated carbocycles. The van der Waals surface area contributed by atoms with E-state index in [0.29, 0.717) is 18.2 Å². The van der Waals surface area contributed by atoms with E-state index in [1.165, 1.54) is 5.56 Å². The largest absolute Gasteiger partial charge is 0.493 e. The molecule has 1 rings (SSSR count). The number of benzene rings is 1. The van der Waals surface area contributed by atoms with Gasteiger partial charge in [0, 0.05) is 6.04 Å². The molecule has 0 aromatic heterocycles. The summed E-state index contributed by atoms with van der Waals surface area (Å²) in [7, 11) is -1.05. The van der Waals surface area contributed by atoms with Crippen LogP contribution in [-0.2, 0) is 9.84 Å². The van der Waals surface area contributed by atoms with E-state index in [9.17, 15) is 8.42 Å². The average Bonchev–Trinajstić information content (AvgIpc) is 2.38. The summed E-state index contributed by atoms with van der Waals surface area (Å²) in [6.45, 7) is 4.15. The number of rotatable bonds is 8. The quantitative estimate of drug-likeness (QED) is 0.795. The minimum absolute atomic E-state index is 0.0789. The molecular formula is C14H23NO3S. The zero-order valence-corrected chi connectivity index (χ0v) is 12.7. The van der Waals surface area contributed by atoms with Gasteiger partial charge in [0.15, 0.2) is 9.84 Å². The molecule has 0 fully saturated rings. The lowest BCUT2D eigenvalue weighted by molar-refractivity contribution is 0.340. The standard InChI is InChI=1S/C14H23NO3S/c1-4-10-19(16,17)11-9-18-14-7-5-13(6-8-14)12(2)15-3/h5-8,12,15H,4,9-11H2,1-3H3. The molecule has 19 heavy (non-hydrogen) atoms. The van der Waals surface area contributed by atoms with Gasteiger partial charge in [-0.15, -0.1) is 0 Å². The summed E-state index contributed by atoms with van der Waals surface area (Å²) in [6.07, 6.45) is 0.652. The lowest BCUT2D eigenvalue weighted by Crippen LogP contribution is -2.16. The second-order valence-electron chi connectivity index (χ2n) is 4.58. The summed E-state index contributed by atoms with van der Waals surface area (Å²) in [5, 5.41) is 3.16. The molecule has 1 aromatic rings. The third-order valence-electron chi connectivity index (χ3n) is 2.99. The van der Waals surface area contributed by atoms with Crippen molar-refractivity contribution in [3.8, 4) is 5.75 Å². The van der Waals surface area contributed by atoms with E-state index >= 15 is 0 Å². The zero-order valence-electron chi connectivity index (χ0n) is 11.8. The maximum atomic E-state index is 11.5. The van der Waals surface area contributed by atoms with E-state index < -0.39 is 9.84 Å². The van der Waals surface area contributed by atoms with Gasteiger partial charge in [0.25, 0.3) is 0 Å². The number of nitrogens with one attached hydrogen (secondary N) is 1. The molecule has 0 heterocycles. The summed E-state index contributed by atoms with van der Waals surface area (Å²) in [5.74, 6) is 1.02. The highest BCUT2D eigenvalue weighted by atomic mass is 32.2. The Balaban J connectivity index is 2.46. The summed E-state index contributed by atoms with van der Waals surface area (Å²) < 4.78 is 28.5. The van der Waals surface area contributed by atoms with Crippen LogP contribution in [0.25, 0.3) is 0 Å². The van der Waals surface area contributed by atoms with Crippen LogP contribution in [0.4, 0.5) is 0 Å². The van der Waals surface area contributed by atoms with Crippen LogP contribution in [0.1, 0.15) is 31.9 Å². The molecular weight excluding hydrogens is 262 g/mol. The van der Waals surface area contributed by atoms with Crippen molar-refractivity contribution in [2.75, 3.05) is 25.2 Å².